The monoisotopic (exact) mass is 460 g/mol. The maximum absolute atomic E-state index is 13.8. The Labute approximate surface area is 192 Å². The lowest BCUT2D eigenvalue weighted by Gasteiger charge is -2.50. The van der Waals surface area contributed by atoms with Crippen LogP contribution >= 0.6 is 23.2 Å². The third-order valence-corrected chi connectivity index (χ3v) is 6.49. The van der Waals surface area contributed by atoms with E-state index < -0.39 is 23.5 Å². The van der Waals surface area contributed by atoms with Crippen LogP contribution in [0.25, 0.3) is 0 Å². The van der Waals surface area contributed by atoms with Gasteiger partial charge in [0, 0.05) is 17.1 Å². The van der Waals surface area contributed by atoms with Crippen LogP contribution in [0.3, 0.4) is 0 Å². The molecule has 0 spiro atoms. The SMILES string of the molecule is C=CC[C@@]1(C)C[C@H](c2cccc(Cl)c2)[C@@H](c2ccc(Cl)cn2)N(C(CC)C(=O)O)C1=O. The second kappa shape index (κ2) is 9.41. The van der Waals surface area contributed by atoms with Gasteiger partial charge < -0.3 is 10.0 Å². The highest BCUT2D eigenvalue weighted by atomic mass is 35.5. The van der Waals surface area contributed by atoms with Crippen LogP contribution in [0.1, 0.15) is 56.3 Å². The zero-order valence-electron chi connectivity index (χ0n) is 17.6. The lowest BCUT2D eigenvalue weighted by Crippen LogP contribution is -2.57. The van der Waals surface area contributed by atoms with Gasteiger partial charge in [0.2, 0.25) is 5.91 Å². The summed E-state index contributed by atoms with van der Waals surface area (Å²) < 4.78 is 0. The summed E-state index contributed by atoms with van der Waals surface area (Å²) >= 11 is 12.3. The van der Waals surface area contributed by atoms with Crippen molar-refractivity contribution in [3.63, 3.8) is 0 Å². The molecular weight excluding hydrogens is 435 g/mol. The van der Waals surface area contributed by atoms with Crippen LogP contribution in [0.5, 0.6) is 0 Å². The highest BCUT2D eigenvalue weighted by molar-refractivity contribution is 6.30. The van der Waals surface area contributed by atoms with E-state index in [2.05, 4.69) is 11.6 Å². The number of carbonyl (C=O) groups is 2. The van der Waals surface area contributed by atoms with Gasteiger partial charge in [-0.05, 0) is 49.1 Å². The number of hydrogen-bond acceptors (Lipinski definition) is 3. The number of amides is 1. The van der Waals surface area contributed by atoms with Crippen LogP contribution in [-0.4, -0.2) is 32.9 Å². The average Bonchev–Trinajstić information content (AvgIpc) is 2.72. The predicted molar refractivity (Wildman–Crippen MR) is 122 cm³/mol. The average molecular weight is 461 g/mol. The van der Waals surface area contributed by atoms with Crippen molar-refractivity contribution >= 4 is 35.1 Å². The van der Waals surface area contributed by atoms with E-state index in [4.69, 9.17) is 23.2 Å². The molecule has 2 aromatic rings. The van der Waals surface area contributed by atoms with Gasteiger partial charge in [0.25, 0.3) is 0 Å². The number of benzene rings is 1. The van der Waals surface area contributed by atoms with E-state index in [0.29, 0.717) is 28.6 Å². The van der Waals surface area contributed by atoms with E-state index in [1.807, 2.05) is 25.1 Å². The zero-order chi connectivity index (χ0) is 22.8. The van der Waals surface area contributed by atoms with Gasteiger partial charge in [0.05, 0.1) is 22.2 Å². The lowest BCUT2D eigenvalue weighted by molar-refractivity contribution is -0.164. The molecule has 0 radical (unpaired) electrons. The number of halogens is 2. The van der Waals surface area contributed by atoms with Gasteiger partial charge in [-0.15, -0.1) is 6.58 Å². The van der Waals surface area contributed by atoms with Crippen molar-refractivity contribution in [2.24, 2.45) is 5.41 Å². The standard InChI is InChI=1S/C24H26Cl2N2O3/c1-4-11-24(3)13-18(15-7-6-8-16(25)12-15)21(19-10-9-17(26)14-27-19)28(23(24)31)20(5-2)22(29)30/h4,6-10,12,14,18,20-21H,1,5,11,13H2,2-3H3,(H,29,30)/t18-,20?,21+,24+/m1/s1. The third-order valence-electron chi connectivity index (χ3n) is 6.03. The number of carboxylic acid groups (broad SMARTS) is 1. The second-order valence-corrected chi connectivity index (χ2v) is 9.11. The van der Waals surface area contributed by atoms with E-state index in [9.17, 15) is 14.7 Å². The van der Waals surface area contributed by atoms with Gasteiger partial charge >= 0.3 is 5.97 Å². The molecule has 2 heterocycles. The smallest absolute Gasteiger partial charge is 0.326 e. The Balaban J connectivity index is 2.25. The van der Waals surface area contributed by atoms with Gasteiger partial charge in [0.1, 0.15) is 6.04 Å². The molecule has 1 unspecified atom stereocenters. The molecule has 0 aliphatic carbocycles. The summed E-state index contributed by atoms with van der Waals surface area (Å²) in [6.45, 7) is 7.47. The van der Waals surface area contributed by atoms with Crippen molar-refractivity contribution in [3.8, 4) is 0 Å². The minimum absolute atomic E-state index is 0.205. The summed E-state index contributed by atoms with van der Waals surface area (Å²) in [6, 6.07) is 9.41. The summed E-state index contributed by atoms with van der Waals surface area (Å²) in [5.74, 6) is -1.45. The molecule has 1 aliphatic heterocycles. The molecule has 1 aliphatic rings. The lowest BCUT2D eigenvalue weighted by atomic mass is 9.67. The third kappa shape index (κ3) is 4.63. The second-order valence-electron chi connectivity index (χ2n) is 8.24. The molecule has 3 rings (SSSR count). The molecule has 1 aromatic heterocycles. The summed E-state index contributed by atoms with van der Waals surface area (Å²) in [5, 5.41) is 11.0. The summed E-state index contributed by atoms with van der Waals surface area (Å²) in [7, 11) is 0. The molecule has 0 bridgehead atoms. The molecule has 5 nitrogen and oxygen atoms in total. The van der Waals surface area contributed by atoms with Gasteiger partial charge in [-0.1, -0.05) is 55.3 Å². The van der Waals surface area contributed by atoms with Crippen molar-refractivity contribution in [1.82, 2.24) is 9.88 Å². The van der Waals surface area contributed by atoms with Gasteiger partial charge in [0.15, 0.2) is 0 Å². The number of nitrogens with zero attached hydrogens (tertiary/aromatic N) is 2. The fourth-order valence-electron chi connectivity index (χ4n) is 4.58. The number of aromatic nitrogens is 1. The summed E-state index contributed by atoms with van der Waals surface area (Å²) in [6.07, 6.45) is 4.47. The molecular formula is C24H26Cl2N2O3. The highest BCUT2D eigenvalue weighted by Gasteiger charge is 2.52. The summed E-state index contributed by atoms with van der Waals surface area (Å²) in [5.41, 5.74) is 0.742. The Morgan fingerprint density at radius 2 is 2.10 bits per heavy atom. The maximum atomic E-state index is 13.8. The Bertz CT molecular complexity index is 979. The van der Waals surface area contributed by atoms with Crippen molar-refractivity contribution in [3.05, 3.63) is 76.6 Å². The van der Waals surface area contributed by atoms with Crippen LogP contribution in [0.4, 0.5) is 0 Å². The molecule has 1 N–H and O–H groups in total. The molecule has 7 heteroatoms. The van der Waals surface area contributed by atoms with E-state index in [-0.39, 0.29) is 18.2 Å². The predicted octanol–water partition coefficient (Wildman–Crippen LogP) is 5.89. The van der Waals surface area contributed by atoms with Crippen LogP contribution < -0.4 is 0 Å². The van der Waals surface area contributed by atoms with Gasteiger partial charge in [-0.3, -0.25) is 9.78 Å². The molecule has 31 heavy (non-hydrogen) atoms. The van der Waals surface area contributed by atoms with Crippen molar-refractivity contribution in [2.75, 3.05) is 0 Å². The van der Waals surface area contributed by atoms with Crippen LogP contribution in [0.2, 0.25) is 10.0 Å². The van der Waals surface area contributed by atoms with Gasteiger partial charge in [-0.2, -0.15) is 0 Å². The number of carboxylic acids is 1. The first-order valence-corrected chi connectivity index (χ1v) is 11.0. The number of aliphatic carboxylic acids is 1. The first kappa shape index (κ1) is 23.3. The quantitative estimate of drug-likeness (QED) is 0.522. The first-order chi connectivity index (χ1) is 14.7. The Kier molecular flexibility index (Phi) is 7.07. The molecule has 1 amide bonds. The van der Waals surface area contributed by atoms with Crippen LogP contribution in [-0.2, 0) is 9.59 Å². The zero-order valence-corrected chi connectivity index (χ0v) is 19.1. The van der Waals surface area contributed by atoms with E-state index in [1.54, 1.807) is 31.2 Å². The number of allylic oxidation sites excluding steroid dienone is 1. The van der Waals surface area contributed by atoms with E-state index in [1.165, 1.54) is 11.1 Å². The molecule has 0 saturated carbocycles. The highest BCUT2D eigenvalue weighted by Crippen LogP contribution is 2.51. The first-order valence-electron chi connectivity index (χ1n) is 10.2. The number of carbonyl (C=O) groups excluding carboxylic acids is 1. The van der Waals surface area contributed by atoms with Crippen molar-refractivity contribution in [1.29, 1.82) is 0 Å². The van der Waals surface area contributed by atoms with Crippen LogP contribution in [0, 0.1) is 5.41 Å². The number of hydrogen-bond donors (Lipinski definition) is 1. The minimum atomic E-state index is -1.04. The maximum Gasteiger partial charge on any atom is 0.326 e. The Morgan fingerprint density at radius 1 is 1.35 bits per heavy atom. The molecule has 1 saturated heterocycles. The number of rotatable bonds is 7. The Morgan fingerprint density at radius 3 is 2.65 bits per heavy atom. The fourth-order valence-corrected chi connectivity index (χ4v) is 4.89. The summed E-state index contributed by atoms with van der Waals surface area (Å²) in [4.78, 5) is 32.0. The number of likely N-dealkylation sites (tertiary alicyclic amines) is 1. The molecule has 1 fully saturated rings. The fraction of sp³-hybridized carbons (Fsp3) is 0.375. The molecule has 164 valence electrons. The largest absolute Gasteiger partial charge is 0.480 e. The van der Waals surface area contributed by atoms with E-state index in [0.717, 1.165) is 5.56 Å². The van der Waals surface area contributed by atoms with E-state index >= 15 is 0 Å². The topological polar surface area (TPSA) is 70.5 Å². The number of piperidine rings is 1. The molecule has 1 aromatic carbocycles. The normalized spacial score (nSPS) is 24.6. The minimum Gasteiger partial charge on any atom is -0.480 e. The molecule has 4 atom stereocenters. The van der Waals surface area contributed by atoms with Gasteiger partial charge in [-0.25, -0.2) is 4.79 Å². The van der Waals surface area contributed by atoms with Crippen molar-refractivity contribution in [2.45, 2.75) is 51.1 Å². The Hall–Kier alpha value is -2.37. The number of pyridine rings is 1. The van der Waals surface area contributed by atoms with Crippen molar-refractivity contribution < 1.29 is 14.7 Å². The van der Waals surface area contributed by atoms with Crippen LogP contribution in [0.15, 0.2) is 55.3 Å².